The van der Waals surface area contributed by atoms with Crippen molar-refractivity contribution >= 4 is 11.7 Å². The van der Waals surface area contributed by atoms with E-state index in [0.717, 1.165) is 24.8 Å². The van der Waals surface area contributed by atoms with Gasteiger partial charge in [0.05, 0.1) is 0 Å². The highest BCUT2D eigenvalue weighted by molar-refractivity contribution is 5.94. The van der Waals surface area contributed by atoms with Crippen LogP contribution < -0.4 is 5.32 Å². The predicted molar refractivity (Wildman–Crippen MR) is 57.2 cm³/mol. The van der Waals surface area contributed by atoms with Crippen LogP contribution in [-0.2, 0) is 9.59 Å². The van der Waals surface area contributed by atoms with Gasteiger partial charge in [-0.3, -0.25) is 9.59 Å². The number of amides is 1. The summed E-state index contributed by atoms with van der Waals surface area (Å²) in [4.78, 5) is 23.0. The maximum Gasteiger partial charge on any atom is 0.246 e. The molecule has 2 aliphatic carbocycles. The Hall–Kier alpha value is -1.12. The molecule has 1 fully saturated rings. The fourth-order valence-corrected chi connectivity index (χ4v) is 2.81. The van der Waals surface area contributed by atoms with Crippen molar-refractivity contribution in [1.82, 2.24) is 5.32 Å². The molecule has 1 saturated carbocycles. The highest BCUT2D eigenvalue weighted by Gasteiger charge is 2.35. The van der Waals surface area contributed by atoms with Gasteiger partial charge in [0.15, 0.2) is 0 Å². The number of nitrogens with one attached hydrogen (secondary N) is 1. The first-order chi connectivity index (χ1) is 7.22. The molecule has 3 nitrogen and oxygen atoms in total. The molecule has 0 spiro atoms. The summed E-state index contributed by atoms with van der Waals surface area (Å²) in [7, 11) is 1.67. The smallest absolute Gasteiger partial charge is 0.246 e. The Labute approximate surface area is 89.9 Å². The molecule has 3 heteroatoms. The maximum atomic E-state index is 11.6. The minimum absolute atomic E-state index is 0.0408. The summed E-state index contributed by atoms with van der Waals surface area (Å²) in [6.07, 6.45) is 6.25. The van der Waals surface area contributed by atoms with Crippen LogP contribution in [0.2, 0.25) is 0 Å². The van der Waals surface area contributed by atoms with Gasteiger partial charge in [0.1, 0.15) is 5.78 Å². The quantitative estimate of drug-likeness (QED) is 0.707. The lowest BCUT2D eigenvalue weighted by Gasteiger charge is -2.34. The average Bonchev–Trinajstić information content (AvgIpc) is 2.26. The first kappa shape index (κ1) is 10.4. The number of fused-ring (bicyclic) bond motifs is 1. The fraction of sp³-hybridized carbons (Fsp3) is 0.667. The lowest BCUT2D eigenvalue weighted by molar-refractivity contribution is -0.124. The number of ketones is 1. The van der Waals surface area contributed by atoms with E-state index in [1.165, 1.54) is 0 Å². The highest BCUT2D eigenvalue weighted by Crippen LogP contribution is 2.39. The molecule has 0 bridgehead atoms. The molecule has 0 aromatic heterocycles. The van der Waals surface area contributed by atoms with E-state index in [4.69, 9.17) is 0 Å². The molecule has 15 heavy (non-hydrogen) atoms. The lowest BCUT2D eigenvalue weighted by Crippen LogP contribution is -2.34. The number of likely N-dealkylation sites (N-methyl/N-ethyl adjacent to an activating group) is 1. The SMILES string of the molecule is CNC(=O)C1=CCCC2CC(=O)CCC12. The third-order valence-corrected chi connectivity index (χ3v) is 3.58. The zero-order valence-corrected chi connectivity index (χ0v) is 9.08. The number of Topliss-reactive ketones (excluding diaryl/α,β-unsaturated/α-hetero) is 1. The fourth-order valence-electron chi connectivity index (χ4n) is 2.81. The molecule has 2 aliphatic rings. The molecule has 1 N–H and O–H groups in total. The van der Waals surface area contributed by atoms with Crippen LogP contribution in [0.4, 0.5) is 0 Å². The van der Waals surface area contributed by atoms with E-state index < -0.39 is 0 Å². The third-order valence-electron chi connectivity index (χ3n) is 3.58. The maximum absolute atomic E-state index is 11.6. The lowest BCUT2D eigenvalue weighted by atomic mass is 9.69. The van der Waals surface area contributed by atoms with E-state index in [9.17, 15) is 9.59 Å². The van der Waals surface area contributed by atoms with E-state index >= 15 is 0 Å². The minimum Gasteiger partial charge on any atom is -0.355 e. The average molecular weight is 207 g/mol. The molecule has 0 heterocycles. The highest BCUT2D eigenvalue weighted by atomic mass is 16.1. The number of carbonyl (C=O) groups excluding carboxylic acids is 2. The van der Waals surface area contributed by atoms with Gasteiger partial charge in [-0.25, -0.2) is 0 Å². The van der Waals surface area contributed by atoms with Crippen molar-refractivity contribution in [2.24, 2.45) is 11.8 Å². The summed E-state index contributed by atoms with van der Waals surface area (Å²) in [5, 5.41) is 2.69. The summed E-state index contributed by atoms with van der Waals surface area (Å²) in [5.74, 6) is 1.16. The molecule has 0 aliphatic heterocycles. The van der Waals surface area contributed by atoms with Crippen LogP contribution in [0, 0.1) is 11.8 Å². The molecule has 82 valence electrons. The second-order valence-electron chi connectivity index (χ2n) is 4.46. The standard InChI is InChI=1S/C12H17NO2/c1-13-12(15)11-4-2-3-8-7-9(14)5-6-10(8)11/h4,8,10H,2-3,5-7H2,1H3,(H,13,15). The molecule has 0 aromatic rings. The monoisotopic (exact) mass is 207 g/mol. The molecule has 2 rings (SSSR count). The number of carbonyl (C=O) groups is 2. The Bertz CT molecular complexity index is 320. The van der Waals surface area contributed by atoms with Crippen LogP contribution in [-0.4, -0.2) is 18.7 Å². The third kappa shape index (κ3) is 1.96. The molecule has 2 unspecified atom stereocenters. The number of hydrogen-bond acceptors (Lipinski definition) is 2. The van der Waals surface area contributed by atoms with Crippen LogP contribution in [0.5, 0.6) is 0 Å². The van der Waals surface area contributed by atoms with Gasteiger partial charge in [0.2, 0.25) is 5.91 Å². The Balaban J connectivity index is 2.16. The van der Waals surface area contributed by atoms with Crippen LogP contribution in [0.15, 0.2) is 11.6 Å². The first-order valence-electron chi connectivity index (χ1n) is 5.66. The minimum atomic E-state index is 0.0408. The van der Waals surface area contributed by atoms with Crippen molar-refractivity contribution in [2.45, 2.75) is 32.1 Å². The van der Waals surface area contributed by atoms with Gasteiger partial charge in [0, 0.05) is 25.5 Å². The van der Waals surface area contributed by atoms with Crippen molar-refractivity contribution in [3.63, 3.8) is 0 Å². The van der Waals surface area contributed by atoms with E-state index in [1.54, 1.807) is 7.05 Å². The molecular formula is C12H17NO2. The summed E-state index contributed by atoms with van der Waals surface area (Å²) < 4.78 is 0. The Morgan fingerprint density at radius 2 is 2.27 bits per heavy atom. The molecule has 1 amide bonds. The zero-order chi connectivity index (χ0) is 10.8. The molecular weight excluding hydrogens is 190 g/mol. The van der Waals surface area contributed by atoms with E-state index in [2.05, 4.69) is 11.4 Å². The van der Waals surface area contributed by atoms with Gasteiger partial charge in [-0.2, -0.15) is 0 Å². The van der Waals surface area contributed by atoms with Crippen molar-refractivity contribution in [2.75, 3.05) is 7.05 Å². The normalized spacial score (nSPS) is 30.5. The summed E-state index contributed by atoms with van der Waals surface area (Å²) >= 11 is 0. The predicted octanol–water partition coefficient (Wildman–Crippen LogP) is 1.44. The molecule has 0 saturated heterocycles. The summed E-state index contributed by atoms with van der Waals surface area (Å²) in [6.45, 7) is 0. The number of hydrogen-bond donors (Lipinski definition) is 1. The van der Waals surface area contributed by atoms with Crippen molar-refractivity contribution in [3.05, 3.63) is 11.6 Å². The van der Waals surface area contributed by atoms with E-state index in [-0.39, 0.29) is 5.91 Å². The van der Waals surface area contributed by atoms with Crippen LogP contribution >= 0.6 is 0 Å². The Morgan fingerprint density at radius 3 is 3.00 bits per heavy atom. The molecule has 2 atom stereocenters. The van der Waals surface area contributed by atoms with Crippen molar-refractivity contribution in [1.29, 1.82) is 0 Å². The van der Waals surface area contributed by atoms with Gasteiger partial charge in [0.25, 0.3) is 0 Å². The van der Waals surface area contributed by atoms with Gasteiger partial charge < -0.3 is 5.32 Å². The second kappa shape index (κ2) is 4.17. The van der Waals surface area contributed by atoms with Gasteiger partial charge in [-0.1, -0.05) is 6.08 Å². The summed E-state index contributed by atoms with van der Waals surface area (Å²) in [6, 6.07) is 0. The molecule has 0 radical (unpaired) electrons. The zero-order valence-electron chi connectivity index (χ0n) is 9.08. The van der Waals surface area contributed by atoms with Crippen molar-refractivity contribution < 1.29 is 9.59 Å². The Kier molecular flexibility index (Phi) is 2.89. The van der Waals surface area contributed by atoms with Gasteiger partial charge >= 0.3 is 0 Å². The second-order valence-corrected chi connectivity index (χ2v) is 4.46. The largest absolute Gasteiger partial charge is 0.355 e. The van der Waals surface area contributed by atoms with Crippen molar-refractivity contribution in [3.8, 4) is 0 Å². The van der Waals surface area contributed by atoms with Crippen LogP contribution in [0.1, 0.15) is 32.1 Å². The van der Waals surface area contributed by atoms with E-state index in [0.29, 0.717) is 30.5 Å². The first-order valence-corrected chi connectivity index (χ1v) is 5.66. The number of allylic oxidation sites excluding steroid dienone is 1. The summed E-state index contributed by atoms with van der Waals surface area (Å²) in [5.41, 5.74) is 0.918. The van der Waals surface area contributed by atoms with Crippen LogP contribution in [0.25, 0.3) is 0 Å². The van der Waals surface area contributed by atoms with E-state index in [1.807, 2.05) is 0 Å². The topological polar surface area (TPSA) is 46.2 Å². The van der Waals surface area contributed by atoms with Crippen LogP contribution in [0.3, 0.4) is 0 Å². The van der Waals surface area contributed by atoms with Gasteiger partial charge in [-0.05, 0) is 31.1 Å². The van der Waals surface area contributed by atoms with Gasteiger partial charge in [-0.15, -0.1) is 0 Å². The number of rotatable bonds is 1. The molecule has 0 aromatic carbocycles. The Morgan fingerprint density at radius 1 is 1.47 bits per heavy atom.